The summed E-state index contributed by atoms with van der Waals surface area (Å²) in [4.78, 5) is 17.1. The Morgan fingerprint density at radius 2 is 1.46 bits per heavy atom. The first-order chi connectivity index (χ1) is 11.5. The highest BCUT2D eigenvalue weighted by molar-refractivity contribution is 5.94. The molecule has 24 heavy (non-hydrogen) atoms. The molecule has 0 bridgehead atoms. The van der Waals surface area contributed by atoms with E-state index in [1.54, 1.807) is 0 Å². The maximum atomic E-state index is 12.7. The number of amides is 1. The van der Waals surface area contributed by atoms with Gasteiger partial charge in [0, 0.05) is 37.4 Å². The molecule has 0 saturated carbocycles. The Bertz CT molecular complexity index is 758. The van der Waals surface area contributed by atoms with Crippen molar-refractivity contribution in [2.75, 3.05) is 31.1 Å². The van der Waals surface area contributed by atoms with Crippen molar-refractivity contribution in [1.82, 2.24) is 4.90 Å². The van der Waals surface area contributed by atoms with Gasteiger partial charge >= 0.3 is 0 Å². The van der Waals surface area contributed by atoms with Crippen LogP contribution in [0.15, 0.2) is 36.4 Å². The van der Waals surface area contributed by atoms with E-state index in [0.29, 0.717) is 0 Å². The Balaban J connectivity index is 1.69. The molecule has 0 N–H and O–H groups in total. The van der Waals surface area contributed by atoms with Crippen LogP contribution in [0.5, 0.6) is 0 Å². The van der Waals surface area contributed by atoms with Crippen LogP contribution in [0.3, 0.4) is 0 Å². The fraction of sp³-hybridized carbons (Fsp3) is 0.381. The molecule has 0 spiro atoms. The molecule has 2 aromatic rings. The summed E-state index contributed by atoms with van der Waals surface area (Å²) in [6.45, 7) is 11.8. The molecule has 0 unspecified atom stereocenters. The lowest BCUT2D eigenvalue weighted by Gasteiger charge is -2.37. The number of hydrogen-bond acceptors (Lipinski definition) is 2. The molecule has 1 aliphatic heterocycles. The van der Waals surface area contributed by atoms with Gasteiger partial charge in [-0.05, 0) is 68.1 Å². The van der Waals surface area contributed by atoms with Crippen molar-refractivity contribution in [2.24, 2.45) is 0 Å². The molecular formula is C21H26N2O. The Kier molecular flexibility index (Phi) is 4.61. The molecular weight excluding hydrogens is 296 g/mol. The lowest BCUT2D eigenvalue weighted by molar-refractivity contribution is 0.0746. The fourth-order valence-electron chi connectivity index (χ4n) is 3.27. The smallest absolute Gasteiger partial charge is 0.253 e. The summed E-state index contributed by atoms with van der Waals surface area (Å²) in [7, 11) is 0. The zero-order valence-electron chi connectivity index (χ0n) is 15.1. The summed E-state index contributed by atoms with van der Waals surface area (Å²) in [6, 6.07) is 12.6. The molecule has 0 aliphatic carbocycles. The highest BCUT2D eigenvalue weighted by Gasteiger charge is 2.23. The van der Waals surface area contributed by atoms with E-state index in [1.165, 1.54) is 27.9 Å². The molecule has 1 saturated heterocycles. The number of carbonyl (C=O) groups excluding carboxylic acids is 1. The first-order valence-corrected chi connectivity index (χ1v) is 8.64. The molecule has 2 aromatic carbocycles. The number of aryl methyl sites for hydroxylation is 4. The monoisotopic (exact) mass is 322 g/mol. The van der Waals surface area contributed by atoms with Gasteiger partial charge in [-0.15, -0.1) is 0 Å². The van der Waals surface area contributed by atoms with Crippen molar-refractivity contribution < 1.29 is 4.79 Å². The third-order valence-electron chi connectivity index (χ3n) is 5.03. The van der Waals surface area contributed by atoms with E-state index in [1.807, 2.05) is 23.1 Å². The van der Waals surface area contributed by atoms with Crippen molar-refractivity contribution in [3.05, 3.63) is 64.2 Å². The summed E-state index contributed by atoms with van der Waals surface area (Å²) < 4.78 is 0. The van der Waals surface area contributed by atoms with Crippen LogP contribution in [0.1, 0.15) is 32.6 Å². The molecule has 126 valence electrons. The predicted molar refractivity (Wildman–Crippen MR) is 99.9 cm³/mol. The first kappa shape index (κ1) is 16.6. The number of nitrogens with zero attached hydrogens (tertiary/aromatic N) is 2. The van der Waals surface area contributed by atoms with Gasteiger partial charge in [0.1, 0.15) is 0 Å². The number of benzene rings is 2. The van der Waals surface area contributed by atoms with E-state index < -0.39 is 0 Å². The zero-order chi connectivity index (χ0) is 17.3. The van der Waals surface area contributed by atoms with Gasteiger partial charge in [-0.1, -0.05) is 18.2 Å². The van der Waals surface area contributed by atoms with Crippen LogP contribution in [0.4, 0.5) is 5.69 Å². The molecule has 1 aliphatic rings. The Morgan fingerprint density at radius 1 is 0.792 bits per heavy atom. The highest BCUT2D eigenvalue weighted by Crippen LogP contribution is 2.23. The quantitative estimate of drug-likeness (QED) is 0.837. The lowest BCUT2D eigenvalue weighted by atomic mass is 10.0. The van der Waals surface area contributed by atoms with Gasteiger partial charge in [0.25, 0.3) is 5.91 Å². The van der Waals surface area contributed by atoms with E-state index in [0.717, 1.165) is 31.7 Å². The third-order valence-corrected chi connectivity index (χ3v) is 5.03. The minimum absolute atomic E-state index is 0.152. The summed E-state index contributed by atoms with van der Waals surface area (Å²) in [5.41, 5.74) is 7.09. The molecule has 0 radical (unpaired) electrons. The predicted octanol–water partition coefficient (Wildman–Crippen LogP) is 3.88. The van der Waals surface area contributed by atoms with E-state index >= 15 is 0 Å². The second-order valence-electron chi connectivity index (χ2n) is 6.87. The molecule has 3 nitrogen and oxygen atoms in total. The van der Waals surface area contributed by atoms with Crippen LogP contribution in [-0.4, -0.2) is 37.0 Å². The standard InChI is InChI=1S/C21H26N2O/c1-15-5-6-17(3)20(13-15)22-9-11-23(12-10-22)21(24)19-8-7-16(2)18(4)14-19/h5-8,13-14H,9-12H2,1-4H3. The van der Waals surface area contributed by atoms with Crippen LogP contribution in [-0.2, 0) is 0 Å². The fourth-order valence-corrected chi connectivity index (χ4v) is 3.27. The van der Waals surface area contributed by atoms with Gasteiger partial charge < -0.3 is 9.80 Å². The topological polar surface area (TPSA) is 23.6 Å². The van der Waals surface area contributed by atoms with E-state index in [-0.39, 0.29) is 5.91 Å². The number of piperazine rings is 1. The molecule has 0 atom stereocenters. The van der Waals surface area contributed by atoms with Gasteiger partial charge in [-0.25, -0.2) is 0 Å². The van der Waals surface area contributed by atoms with Crippen LogP contribution < -0.4 is 4.90 Å². The largest absolute Gasteiger partial charge is 0.368 e. The molecule has 3 heteroatoms. The number of hydrogen-bond donors (Lipinski definition) is 0. The summed E-state index contributed by atoms with van der Waals surface area (Å²) >= 11 is 0. The average molecular weight is 322 g/mol. The van der Waals surface area contributed by atoms with Crippen LogP contribution in [0.2, 0.25) is 0 Å². The van der Waals surface area contributed by atoms with Crippen molar-refractivity contribution in [1.29, 1.82) is 0 Å². The second kappa shape index (κ2) is 6.68. The minimum Gasteiger partial charge on any atom is -0.368 e. The van der Waals surface area contributed by atoms with E-state index in [2.05, 4.69) is 50.8 Å². The molecule has 1 amide bonds. The normalized spacial score (nSPS) is 14.8. The maximum absolute atomic E-state index is 12.7. The zero-order valence-corrected chi connectivity index (χ0v) is 15.1. The molecule has 1 heterocycles. The van der Waals surface area contributed by atoms with Crippen molar-refractivity contribution in [3.8, 4) is 0 Å². The van der Waals surface area contributed by atoms with E-state index in [9.17, 15) is 4.79 Å². The third kappa shape index (κ3) is 3.30. The SMILES string of the molecule is Cc1ccc(C)c(N2CCN(C(=O)c3ccc(C)c(C)c3)CC2)c1. The van der Waals surface area contributed by atoms with Crippen LogP contribution in [0, 0.1) is 27.7 Å². The minimum atomic E-state index is 0.152. The van der Waals surface area contributed by atoms with Crippen LogP contribution in [0.25, 0.3) is 0 Å². The van der Waals surface area contributed by atoms with Gasteiger partial charge in [-0.3, -0.25) is 4.79 Å². The summed E-state index contributed by atoms with van der Waals surface area (Å²) in [5, 5.41) is 0. The average Bonchev–Trinajstić information content (AvgIpc) is 2.59. The molecule has 0 aromatic heterocycles. The molecule has 1 fully saturated rings. The maximum Gasteiger partial charge on any atom is 0.253 e. The van der Waals surface area contributed by atoms with Gasteiger partial charge in [0.05, 0.1) is 0 Å². The Labute approximate surface area is 144 Å². The van der Waals surface area contributed by atoms with Gasteiger partial charge in [-0.2, -0.15) is 0 Å². The highest BCUT2D eigenvalue weighted by atomic mass is 16.2. The summed E-state index contributed by atoms with van der Waals surface area (Å²) in [6.07, 6.45) is 0. The Morgan fingerprint density at radius 3 is 2.12 bits per heavy atom. The van der Waals surface area contributed by atoms with Crippen LogP contribution >= 0.6 is 0 Å². The first-order valence-electron chi connectivity index (χ1n) is 8.64. The summed E-state index contributed by atoms with van der Waals surface area (Å²) in [5.74, 6) is 0.152. The molecule has 3 rings (SSSR count). The second-order valence-corrected chi connectivity index (χ2v) is 6.87. The van der Waals surface area contributed by atoms with Crippen molar-refractivity contribution in [3.63, 3.8) is 0 Å². The van der Waals surface area contributed by atoms with E-state index in [4.69, 9.17) is 0 Å². The van der Waals surface area contributed by atoms with Crippen molar-refractivity contribution >= 4 is 11.6 Å². The Hall–Kier alpha value is -2.29. The van der Waals surface area contributed by atoms with Crippen molar-refractivity contribution in [2.45, 2.75) is 27.7 Å². The lowest BCUT2D eigenvalue weighted by Crippen LogP contribution is -2.49. The number of rotatable bonds is 2. The van der Waals surface area contributed by atoms with Gasteiger partial charge in [0.15, 0.2) is 0 Å². The number of anilines is 1. The van der Waals surface area contributed by atoms with Gasteiger partial charge in [0.2, 0.25) is 0 Å². The number of carbonyl (C=O) groups is 1.